The number of aliphatic imine (C=N–C) groups is 1. The molecule has 2 aliphatic rings. The van der Waals surface area contributed by atoms with Gasteiger partial charge in [0.1, 0.15) is 0 Å². The summed E-state index contributed by atoms with van der Waals surface area (Å²) in [7, 11) is 2.18. The van der Waals surface area contributed by atoms with Gasteiger partial charge in [-0.1, -0.05) is 22.0 Å². The third kappa shape index (κ3) is 4.65. The topological polar surface area (TPSA) is 30.9 Å². The van der Waals surface area contributed by atoms with Gasteiger partial charge in [0.2, 0.25) is 0 Å². The van der Waals surface area contributed by atoms with Crippen molar-refractivity contribution in [2.75, 3.05) is 50.0 Å². The van der Waals surface area contributed by atoms with Gasteiger partial charge in [0.05, 0.1) is 6.54 Å². The summed E-state index contributed by atoms with van der Waals surface area (Å²) in [6.45, 7) is 5.44. The SMILES string of the molecule is CN(CCN1CCCC1)c1ccc(N/C=C2\CN=Cc3ccc(Br)cc32)cc1. The van der Waals surface area contributed by atoms with Crippen LogP contribution in [0, 0.1) is 0 Å². The minimum atomic E-state index is 0.702. The van der Waals surface area contributed by atoms with Crippen LogP contribution in [0.2, 0.25) is 0 Å². The Kier molecular flexibility index (Phi) is 6.13. The molecule has 28 heavy (non-hydrogen) atoms. The highest BCUT2D eigenvalue weighted by atomic mass is 79.9. The average Bonchev–Trinajstić information content (AvgIpc) is 3.24. The molecule has 0 spiro atoms. The third-order valence-corrected chi connectivity index (χ3v) is 6.02. The molecule has 4 nitrogen and oxygen atoms in total. The molecule has 0 amide bonds. The quantitative estimate of drug-likeness (QED) is 0.697. The number of nitrogens with one attached hydrogen (secondary N) is 1. The van der Waals surface area contributed by atoms with E-state index < -0.39 is 0 Å². The Hall–Kier alpha value is -2.11. The number of nitrogens with zero attached hydrogens (tertiary/aromatic N) is 3. The van der Waals surface area contributed by atoms with Gasteiger partial charge in [-0.3, -0.25) is 4.99 Å². The molecule has 0 atom stereocenters. The summed E-state index contributed by atoms with van der Waals surface area (Å²) in [6, 6.07) is 15.0. The molecule has 0 saturated carbocycles. The van der Waals surface area contributed by atoms with E-state index in [4.69, 9.17) is 0 Å². The number of fused-ring (bicyclic) bond motifs is 1. The van der Waals surface area contributed by atoms with Gasteiger partial charge >= 0.3 is 0 Å². The minimum absolute atomic E-state index is 0.702. The number of rotatable bonds is 6. The molecule has 5 heteroatoms. The fourth-order valence-corrected chi connectivity index (χ4v) is 4.14. The van der Waals surface area contributed by atoms with Gasteiger partial charge in [-0.15, -0.1) is 0 Å². The molecule has 0 unspecified atom stereocenters. The van der Waals surface area contributed by atoms with Crippen LogP contribution >= 0.6 is 15.9 Å². The van der Waals surface area contributed by atoms with Crippen LogP contribution in [0.1, 0.15) is 24.0 Å². The molecule has 4 rings (SSSR count). The van der Waals surface area contributed by atoms with Crippen molar-refractivity contribution in [1.29, 1.82) is 0 Å². The first-order chi connectivity index (χ1) is 13.7. The maximum atomic E-state index is 4.47. The van der Waals surface area contributed by atoms with E-state index in [1.807, 2.05) is 6.21 Å². The summed E-state index contributed by atoms with van der Waals surface area (Å²) < 4.78 is 1.09. The van der Waals surface area contributed by atoms with Crippen molar-refractivity contribution < 1.29 is 0 Å². The molecule has 1 N–H and O–H groups in total. The second-order valence-corrected chi connectivity index (χ2v) is 8.45. The van der Waals surface area contributed by atoms with E-state index in [1.54, 1.807) is 0 Å². The number of anilines is 2. The molecular weight excluding hydrogens is 412 g/mol. The number of benzene rings is 2. The van der Waals surface area contributed by atoms with Crippen LogP contribution in [-0.2, 0) is 0 Å². The Balaban J connectivity index is 1.38. The van der Waals surface area contributed by atoms with E-state index in [9.17, 15) is 0 Å². The Labute approximate surface area is 176 Å². The predicted molar refractivity (Wildman–Crippen MR) is 124 cm³/mol. The van der Waals surface area contributed by atoms with Crippen molar-refractivity contribution in [3.63, 3.8) is 0 Å². The van der Waals surface area contributed by atoms with E-state index >= 15 is 0 Å². The molecule has 2 aliphatic heterocycles. The standard InChI is InChI=1S/C23H27BrN4/c1-27(12-13-28-10-2-3-11-28)22-8-6-21(7-9-22)26-17-19-16-25-15-18-4-5-20(24)14-23(18)19/h4-9,14-15,17,26H,2-3,10-13,16H2,1H3/b19-17+. The first-order valence-corrected chi connectivity index (χ1v) is 10.8. The highest BCUT2D eigenvalue weighted by Gasteiger charge is 2.13. The largest absolute Gasteiger partial charge is 0.373 e. The lowest BCUT2D eigenvalue weighted by Crippen LogP contribution is -2.31. The highest BCUT2D eigenvalue weighted by Crippen LogP contribution is 2.26. The van der Waals surface area contributed by atoms with Crippen molar-refractivity contribution in [2.24, 2.45) is 4.99 Å². The molecule has 2 heterocycles. The van der Waals surface area contributed by atoms with Gasteiger partial charge in [-0.05, 0) is 79.0 Å². The van der Waals surface area contributed by atoms with Gasteiger partial charge in [-0.25, -0.2) is 0 Å². The van der Waals surface area contributed by atoms with Crippen molar-refractivity contribution in [3.8, 4) is 0 Å². The molecule has 0 aliphatic carbocycles. The van der Waals surface area contributed by atoms with Gasteiger partial charge in [0.25, 0.3) is 0 Å². The first kappa shape index (κ1) is 19.2. The molecule has 2 aromatic carbocycles. The fraction of sp³-hybridized carbons (Fsp3) is 0.348. The van der Waals surface area contributed by atoms with E-state index in [0.29, 0.717) is 6.54 Å². The summed E-state index contributed by atoms with van der Waals surface area (Å²) in [4.78, 5) is 9.37. The highest BCUT2D eigenvalue weighted by molar-refractivity contribution is 9.10. The van der Waals surface area contributed by atoms with E-state index in [1.165, 1.54) is 42.8 Å². The number of halogens is 1. The Morgan fingerprint density at radius 3 is 2.71 bits per heavy atom. The number of likely N-dealkylation sites (tertiary alicyclic amines) is 1. The van der Waals surface area contributed by atoms with Gasteiger partial charge in [-0.2, -0.15) is 0 Å². The normalized spacial score (nSPS) is 17.7. The second-order valence-electron chi connectivity index (χ2n) is 7.53. The predicted octanol–water partition coefficient (Wildman–Crippen LogP) is 4.87. The zero-order chi connectivity index (χ0) is 19.3. The fourth-order valence-electron chi connectivity index (χ4n) is 3.78. The van der Waals surface area contributed by atoms with Crippen LogP contribution in [0.15, 0.2) is 58.1 Å². The van der Waals surface area contributed by atoms with Crippen LogP contribution in [0.4, 0.5) is 11.4 Å². The minimum Gasteiger partial charge on any atom is -0.373 e. The summed E-state index contributed by atoms with van der Waals surface area (Å²) in [6.07, 6.45) is 6.73. The maximum absolute atomic E-state index is 4.47. The lowest BCUT2D eigenvalue weighted by atomic mass is 9.99. The van der Waals surface area contributed by atoms with Crippen LogP contribution in [0.3, 0.4) is 0 Å². The second kappa shape index (κ2) is 8.93. The third-order valence-electron chi connectivity index (χ3n) is 5.52. The van der Waals surface area contributed by atoms with Gasteiger partial charge in [0, 0.05) is 48.4 Å². The number of hydrogen-bond donors (Lipinski definition) is 1. The van der Waals surface area contributed by atoms with Crippen molar-refractivity contribution in [2.45, 2.75) is 12.8 Å². The van der Waals surface area contributed by atoms with Crippen molar-refractivity contribution in [3.05, 3.63) is 64.3 Å². The smallest absolute Gasteiger partial charge is 0.0660 e. The Bertz CT molecular complexity index is 867. The summed E-state index contributed by atoms with van der Waals surface area (Å²) >= 11 is 3.57. The van der Waals surface area contributed by atoms with Crippen molar-refractivity contribution in [1.82, 2.24) is 4.90 Å². The van der Waals surface area contributed by atoms with Gasteiger partial charge < -0.3 is 15.1 Å². The average molecular weight is 439 g/mol. The zero-order valence-electron chi connectivity index (χ0n) is 16.4. The lowest BCUT2D eigenvalue weighted by Gasteiger charge is -2.23. The maximum Gasteiger partial charge on any atom is 0.0660 e. The van der Waals surface area contributed by atoms with Crippen molar-refractivity contribution >= 4 is 39.1 Å². The number of hydrogen-bond acceptors (Lipinski definition) is 4. The molecule has 146 valence electrons. The molecular formula is C23H27BrN4. The van der Waals surface area contributed by atoms with E-state index in [-0.39, 0.29) is 0 Å². The molecule has 0 bridgehead atoms. The van der Waals surface area contributed by atoms with Crippen LogP contribution in [0.5, 0.6) is 0 Å². The molecule has 1 saturated heterocycles. The molecule has 2 aromatic rings. The van der Waals surface area contributed by atoms with E-state index in [0.717, 1.165) is 28.8 Å². The molecule has 0 aromatic heterocycles. The van der Waals surface area contributed by atoms with E-state index in [2.05, 4.69) is 91.8 Å². The lowest BCUT2D eigenvalue weighted by molar-refractivity contribution is 0.346. The molecule has 1 fully saturated rings. The summed E-state index contributed by atoms with van der Waals surface area (Å²) in [5, 5.41) is 3.44. The summed E-state index contributed by atoms with van der Waals surface area (Å²) in [5.74, 6) is 0. The summed E-state index contributed by atoms with van der Waals surface area (Å²) in [5.41, 5.74) is 5.95. The van der Waals surface area contributed by atoms with Gasteiger partial charge in [0.15, 0.2) is 0 Å². The van der Waals surface area contributed by atoms with Crippen LogP contribution in [0.25, 0.3) is 5.57 Å². The monoisotopic (exact) mass is 438 g/mol. The zero-order valence-corrected chi connectivity index (χ0v) is 18.0. The van der Waals surface area contributed by atoms with Crippen LogP contribution < -0.4 is 10.2 Å². The first-order valence-electron chi connectivity index (χ1n) is 9.98. The number of likely N-dealkylation sites (N-methyl/N-ethyl adjacent to an activating group) is 1. The Morgan fingerprint density at radius 2 is 1.93 bits per heavy atom. The molecule has 0 radical (unpaired) electrons. The van der Waals surface area contributed by atoms with Crippen LogP contribution in [-0.4, -0.2) is 50.9 Å². The Morgan fingerprint density at radius 1 is 1.14 bits per heavy atom.